The number of aliphatic hydroxyl groups is 2. The molecule has 7 aromatic rings. The second-order valence-corrected chi connectivity index (χ2v) is 11.1. The summed E-state index contributed by atoms with van der Waals surface area (Å²) in [5.41, 5.74) is 4.91. The molecule has 0 aliphatic carbocycles. The van der Waals surface area contributed by atoms with E-state index in [1.807, 2.05) is 48.5 Å². The smallest absolute Gasteiger partial charge is 0.343 e. The fourth-order valence-corrected chi connectivity index (χ4v) is 5.07. The van der Waals surface area contributed by atoms with Crippen LogP contribution in [0, 0.1) is 0 Å². The van der Waals surface area contributed by atoms with Gasteiger partial charge in [-0.2, -0.15) is 0 Å². The second-order valence-electron chi connectivity index (χ2n) is 11.1. The van der Waals surface area contributed by atoms with Crippen molar-refractivity contribution in [1.29, 1.82) is 0 Å². The molecule has 0 fully saturated rings. The van der Waals surface area contributed by atoms with Crippen LogP contribution >= 0.6 is 0 Å². The maximum absolute atomic E-state index is 13.2. The Balaban J connectivity index is 1.12. The zero-order chi connectivity index (χ0) is 33.4. The fraction of sp³-hybridized carbons (Fsp3) is 0.111. The number of ether oxygens (including phenoxy) is 2. The Morgan fingerprint density at radius 3 is 1.19 bits per heavy atom. The van der Waals surface area contributed by atoms with Crippen molar-refractivity contribution >= 4 is 34.0 Å². The molecule has 2 heterocycles. The topological polar surface area (TPSA) is 154 Å². The lowest BCUT2D eigenvalue weighted by Gasteiger charge is -2.13. The molecule has 0 spiro atoms. The summed E-state index contributed by atoms with van der Waals surface area (Å²) >= 11 is 0. The van der Waals surface area contributed by atoms with E-state index in [9.17, 15) is 19.8 Å². The lowest BCUT2D eigenvalue weighted by molar-refractivity contribution is 0.0720. The third-order valence-electron chi connectivity index (χ3n) is 7.70. The van der Waals surface area contributed by atoms with E-state index in [0.717, 1.165) is 0 Å². The highest BCUT2D eigenvalue weighted by Crippen LogP contribution is 2.30. The summed E-state index contributed by atoms with van der Waals surface area (Å²) in [6.45, 7) is 3.26. The maximum atomic E-state index is 13.2. The van der Waals surface area contributed by atoms with Gasteiger partial charge in [-0.05, 0) is 97.8 Å². The van der Waals surface area contributed by atoms with Gasteiger partial charge in [0.25, 0.3) is 0 Å². The summed E-state index contributed by atoms with van der Waals surface area (Å²) in [6, 6.07) is 30.3. The molecule has 0 saturated heterocycles. The van der Waals surface area contributed by atoms with Crippen LogP contribution in [0.5, 0.6) is 11.5 Å². The van der Waals surface area contributed by atoms with Crippen molar-refractivity contribution in [2.75, 3.05) is 0 Å². The molecule has 12 heteroatoms. The van der Waals surface area contributed by atoms with Crippen LogP contribution < -0.4 is 9.47 Å². The quantitative estimate of drug-likeness (QED) is 0.156. The second kappa shape index (κ2) is 12.5. The number of carbonyl (C=O) groups is 2. The molecule has 0 aliphatic rings. The van der Waals surface area contributed by atoms with Crippen LogP contribution in [0.15, 0.2) is 109 Å². The summed E-state index contributed by atoms with van der Waals surface area (Å²) < 4.78 is 11.5. The first-order valence-electron chi connectivity index (χ1n) is 15.1. The average molecular weight is 641 g/mol. The zero-order valence-corrected chi connectivity index (χ0v) is 25.8. The van der Waals surface area contributed by atoms with Gasteiger partial charge in [0.2, 0.25) is 0 Å². The van der Waals surface area contributed by atoms with E-state index in [1.54, 1.807) is 50.2 Å². The molecule has 0 aliphatic heterocycles. The lowest BCUT2D eigenvalue weighted by Crippen LogP contribution is -2.14. The van der Waals surface area contributed by atoms with E-state index in [0.29, 0.717) is 44.6 Å². The number of hydrogen-bond acceptors (Lipinski definition) is 10. The lowest BCUT2D eigenvalue weighted by atomic mass is 10.1. The molecule has 0 radical (unpaired) electrons. The fourth-order valence-electron chi connectivity index (χ4n) is 5.07. The van der Waals surface area contributed by atoms with Gasteiger partial charge in [-0.15, -0.1) is 30.0 Å². The van der Waals surface area contributed by atoms with Crippen LogP contribution in [0.2, 0.25) is 0 Å². The highest BCUT2D eigenvalue weighted by molar-refractivity contribution is 5.95. The van der Waals surface area contributed by atoms with Crippen molar-refractivity contribution in [3.8, 4) is 22.9 Å². The van der Waals surface area contributed by atoms with Crippen LogP contribution in [-0.4, -0.2) is 52.1 Å². The van der Waals surface area contributed by atoms with Crippen LogP contribution in [0.3, 0.4) is 0 Å². The van der Waals surface area contributed by atoms with E-state index >= 15 is 0 Å². The van der Waals surface area contributed by atoms with Gasteiger partial charge in [-0.1, -0.05) is 36.4 Å². The van der Waals surface area contributed by atoms with E-state index in [4.69, 9.17) is 9.47 Å². The Morgan fingerprint density at radius 2 is 0.875 bits per heavy atom. The van der Waals surface area contributed by atoms with Crippen molar-refractivity contribution in [2.24, 2.45) is 0 Å². The van der Waals surface area contributed by atoms with Crippen molar-refractivity contribution in [2.45, 2.75) is 26.1 Å². The van der Waals surface area contributed by atoms with E-state index < -0.39 is 24.1 Å². The van der Waals surface area contributed by atoms with Gasteiger partial charge in [-0.3, -0.25) is 0 Å². The minimum Gasteiger partial charge on any atom is -0.421 e. The number of carbonyl (C=O) groups excluding carboxylic acids is 2. The van der Waals surface area contributed by atoms with Gasteiger partial charge in [-0.25, -0.2) is 9.59 Å². The molecule has 48 heavy (non-hydrogen) atoms. The predicted octanol–water partition coefficient (Wildman–Crippen LogP) is 5.70. The van der Waals surface area contributed by atoms with Gasteiger partial charge >= 0.3 is 11.9 Å². The maximum Gasteiger partial charge on any atom is 0.343 e. The van der Waals surface area contributed by atoms with E-state index in [-0.39, 0.29) is 22.6 Å². The average Bonchev–Trinajstić information content (AvgIpc) is 3.73. The highest BCUT2D eigenvalue weighted by Gasteiger charge is 2.20. The molecule has 5 aromatic carbocycles. The monoisotopic (exact) mass is 640 g/mol. The Bertz CT molecular complexity index is 2080. The van der Waals surface area contributed by atoms with Crippen molar-refractivity contribution in [3.05, 3.63) is 131 Å². The molecule has 2 N–H and O–H groups in total. The third-order valence-corrected chi connectivity index (χ3v) is 7.70. The molecule has 7 rings (SSSR count). The van der Waals surface area contributed by atoms with Gasteiger partial charge in [0.05, 0.1) is 23.3 Å². The van der Waals surface area contributed by atoms with Gasteiger partial charge in [0.15, 0.2) is 11.5 Å². The van der Waals surface area contributed by atoms with Gasteiger partial charge in [0, 0.05) is 0 Å². The normalized spacial score (nSPS) is 12.6. The Hall–Kier alpha value is -6.24. The molecule has 2 unspecified atom stereocenters. The van der Waals surface area contributed by atoms with Crippen LogP contribution in [-0.2, 0) is 0 Å². The summed E-state index contributed by atoms with van der Waals surface area (Å²) in [5.74, 6) is -0.987. The minimum atomic E-state index is -0.770. The van der Waals surface area contributed by atoms with Gasteiger partial charge in [0.1, 0.15) is 33.4 Å². The summed E-state index contributed by atoms with van der Waals surface area (Å²) in [5, 5.41) is 38.3. The Kier molecular flexibility index (Phi) is 7.93. The molecular formula is C36H28N6O6. The number of fused-ring (bicyclic) bond motifs is 2. The molecule has 238 valence electrons. The number of aromatic nitrogens is 6. The first kappa shape index (κ1) is 30.4. The van der Waals surface area contributed by atoms with E-state index in [1.165, 1.54) is 33.9 Å². The number of hydrogen-bond donors (Lipinski definition) is 2. The van der Waals surface area contributed by atoms with E-state index in [2.05, 4.69) is 20.4 Å². The summed E-state index contributed by atoms with van der Waals surface area (Å²) in [7, 11) is 0. The van der Waals surface area contributed by atoms with Crippen molar-refractivity contribution < 1.29 is 29.3 Å². The molecule has 12 nitrogen and oxygen atoms in total. The zero-order valence-electron chi connectivity index (χ0n) is 25.8. The SMILES string of the molecule is CC(O)c1ccc(OC(=O)c2ccc(C(=O)Oc3ccc(C(C)O)cc3-n3nc4ccccc4n3)cc2)c(-n2nc3ccccc3n2)c1. The van der Waals surface area contributed by atoms with Gasteiger partial charge < -0.3 is 19.7 Å². The molecule has 0 amide bonds. The first-order chi connectivity index (χ1) is 23.2. The van der Waals surface area contributed by atoms with Crippen LogP contribution in [0.4, 0.5) is 0 Å². The summed E-state index contributed by atoms with van der Waals surface area (Å²) in [4.78, 5) is 29.2. The largest absolute Gasteiger partial charge is 0.421 e. The summed E-state index contributed by atoms with van der Waals surface area (Å²) in [6.07, 6.45) is -1.54. The predicted molar refractivity (Wildman–Crippen MR) is 175 cm³/mol. The highest BCUT2D eigenvalue weighted by atomic mass is 16.5. The van der Waals surface area contributed by atoms with Crippen LogP contribution in [0.1, 0.15) is 57.9 Å². The Labute approximate surface area is 273 Å². The third kappa shape index (κ3) is 6.00. The van der Waals surface area contributed by atoms with Crippen molar-refractivity contribution in [3.63, 3.8) is 0 Å². The molecule has 0 bridgehead atoms. The number of benzene rings is 5. The van der Waals surface area contributed by atoms with Crippen molar-refractivity contribution in [1.82, 2.24) is 30.0 Å². The molecular weight excluding hydrogens is 612 g/mol. The minimum absolute atomic E-state index is 0.182. The standard InChI is InChI=1S/C36H28N6O6/c1-21(43)25-15-17-33(31(19-25)41-37-27-7-3-4-8-28(27)38-41)47-35(45)23-11-13-24(14-12-23)36(46)48-34-18-16-26(22(2)44)20-32(34)42-39-29-9-5-6-10-30(29)40-42/h3-22,43-44H,1-2H3. The molecule has 0 saturated carbocycles. The number of nitrogens with zero attached hydrogens (tertiary/aromatic N) is 6. The molecule has 2 atom stereocenters. The number of rotatable bonds is 8. The number of aliphatic hydroxyl groups excluding tert-OH is 2. The molecule has 2 aromatic heterocycles. The number of esters is 2. The van der Waals surface area contributed by atoms with Crippen LogP contribution in [0.25, 0.3) is 33.4 Å². The first-order valence-corrected chi connectivity index (χ1v) is 15.1. The Morgan fingerprint density at radius 1 is 0.542 bits per heavy atom.